The van der Waals surface area contributed by atoms with Crippen molar-refractivity contribution in [3.05, 3.63) is 58.2 Å². The van der Waals surface area contributed by atoms with E-state index in [2.05, 4.69) is 10.3 Å². The Labute approximate surface area is 128 Å². The first kappa shape index (κ1) is 15.9. The number of ketones is 1. The van der Waals surface area contributed by atoms with Crippen LogP contribution in [0.4, 0.5) is 4.39 Å². The Morgan fingerprint density at radius 1 is 1.18 bits per heavy atom. The Kier molecular flexibility index (Phi) is 4.75. The number of amides is 1. The van der Waals surface area contributed by atoms with Crippen molar-refractivity contribution in [1.82, 2.24) is 10.3 Å². The summed E-state index contributed by atoms with van der Waals surface area (Å²) in [5, 5.41) is 2.81. The number of halogens is 1. The van der Waals surface area contributed by atoms with Gasteiger partial charge in [-0.15, -0.1) is 0 Å². The van der Waals surface area contributed by atoms with E-state index in [9.17, 15) is 14.0 Å². The number of Topliss-reactive ketones (excluding diaryl/α,β-unsaturated/α-hetero) is 1. The monoisotopic (exact) mass is 302 g/mol. The molecule has 0 aliphatic rings. The Bertz CT molecular complexity index is 702. The van der Waals surface area contributed by atoms with Crippen LogP contribution in [-0.4, -0.2) is 23.2 Å². The number of hydrogen-bond acceptors (Lipinski definition) is 2. The van der Waals surface area contributed by atoms with Gasteiger partial charge in [-0.2, -0.15) is 0 Å². The molecular weight excluding hydrogens is 283 g/mol. The molecule has 4 nitrogen and oxygen atoms in total. The molecule has 0 unspecified atom stereocenters. The van der Waals surface area contributed by atoms with Gasteiger partial charge in [0.05, 0.1) is 0 Å². The first-order valence-electron chi connectivity index (χ1n) is 7.13. The van der Waals surface area contributed by atoms with Crippen molar-refractivity contribution in [2.75, 3.05) is 6.54 Å². The Hall–Kier alpha value is -2.43. The average Bonchev–Trinajstić information content (AvgIpc) is 2.76. The zero-order valence-corrected chi connectivity index (χ0v) is 12.9. The van der Waals surface area contributed by atoms with Gasteiger partial charge in [-0.3, -0.25) is 9.59 Å². The molecular formula is C17H19FN2O2. The van der Waals surface area contributed by atoms with Gasteiger partial charge >= 0.3 is 0 Å². The van der Waals surface area contributed by atoms with Crippen LogP contribution in [0.15, 0.2) is 24.3 Å². The highest BCUT2D eigenvalue weighted by Gasteiger charge is 2.19. The number of nitrogens with one attached hydrogen (secondary N) is 2. The topological polar surface area (TPSA) is 62.0 Å². The lowest BCUT2D eigenvalue weighted by Gasteiger charge is -2.05. The Balaban J connectivity index is 1.99. The van der Waals surface area contributed by atoms with Crippen LogP contribution < -0.4 is 5.32 Å². The summed E-state index contributed by atoms with van der Waals surface area (Å²) in [4.78, 5) is 26.7. The summed E-state index contributed by atoms with van der Waals surface area (Å²) in [7, 11) is 0. The third-order valence-electron chi connectivity index (χ3n) is 3.63. The number of benzene rings is 1. The SMILES string of the molecule is CC(=O)c1c(C)[nH]c(C(=O)NCCc2ccc(F)cc2)c1C. The molecule has 1 aromatic carbocycles. The molecule has 0 atom stereocenters. The Morgan fingerprint density at radius 3 is 2.36 bits per heavy atom. The molecule has 116 valence electrons. The van der Waals surface area contributed by atoms with Crippen LogP contribution in [0.1, 0.15) is 44.6 Å². The standard InChI is InChI=1S/C17H19FN2O2/c1-10-15(12(3)21)11(2)20-16(10)17(22)19-9-8-13-4-6-14(18)7-5-13/h4-7,20H,8-9H2,1-3H3,(H,19,22). The van der Waals surface area contributed by atoms with Crippen molar-refractivity contribution < 1.29 is 14.0 Å². The molecule has 0 bridgehead atoms. The van der Waals surface area contributed by atoms with Crippen LogP contribution in [-0.2, 0) is 6.42 Å². The highest BCUT2D eigenvalue weighted by Crippen LogP contribution is 2.18. The zero-order chi connectivity index (χ0) is 16.3. The predicted molar refractivity (Wildman–Crippen MR) is 82.7 cm³/mol. The summed E-state index contributed by atoms with van der Waals surface area (Å²) < 4.78 is 12.8. The number of H-pyrrole nitrogens is 1. The fourth-order valence-electron chi connectivity index (χ4n) is 2.56. The van der Waals surface area contributed by atoms with E-state index < -0.39 is 0 Å². The highest BCUT2D eigenvalue weighted by atomic mass is 19.1. The molecule has 22 heavy (non-hydrogen) atoms. The van der Waals surface area contributed by atoms with E-state index in [1.54, 1.807) is 26.0 Å². The fraction of sp³-hybridized carbons (Fsp3) is 0.294. The number of aromatic nitrogens is 1. The second-order valence-corrected chi connectivity index (χ2v) is 5.31. The van der Waals surface area contributed by atoms with Crippen LogP contribution in [0, 0.1) is 19.7 Å². The zero-order valence-electron chi connectivity index (χ0n) is 12.9. The van der Waals surface area contributed by atoms with Crippen LogP contribution >= 0.6 is 0 Å². The van der Waals surface area contributed by atoms with Crippen LogP contribution in [0.25, 0.3) is 0 Å². The summed E-state index contributed by atoms with van der Waals surface area (Å²) >= 11 is 0. The minimum Gasteiger partial charge on any atom is -0.354 e. The number of aryl methyl sites for hydroxylation is 1. The lowest BCUT2D eigenvalue weighted by atomic mass is 10.1. The maximum Gasteiger partial charge on any atom is 0.268 e. The molecule has 1 heterocycles. The normalized spacial score (nSPS) is 10.5. The van der Waals surface area contributed by atoms with Gasteiger partial charge in [0, 0.05) is 17.8 Å². The van der Waals surface area contributed by atoms with E-state index in [0.717, 1.165) is 5.56 Å². The van der Waals surface area contributed by atoms with Gasteiger partial charge < -0.3 is 10.3 Å². The number of rotatable bonds is 5. The van der Waals surface area contributed by atoms with Crippen molar-refractivity contribution in [2.24, 2.45) is 0 Å². The van der Waals surface area contributed by atoms with Gasteiger partial charge in [0.2, 0.25) is 0 Å². The summed E-state index contributed by atoms with van der Waals surface area (Å²) in [6.07, 6.45) is 0.615. The molecule has 0 spiro atoms. The van der Waals surface area contributed by atoms with Gasteiger partial charge in [0.15, 0.2) is 5.78 Å². The molecule has 1 aromatic heterocycles. The quantitative estimate of drug-likeness (QED) is 0.834. The van der Waals surface area contributed by atoms with Gasteiger partial charge in [-0.1, -0.05) is 12.1 Å². The third-order valence-corrected chi connectivity index (χ3v) is 3.63. The molecule has 0 saturated heterocycles. The second-order valence-electron chi connectivity index (χ2n) is 5.31. The first-order chi connectivity index (χ1) is 10.4. The fourth-order valence-corrected chi connectivity index (χ4v) is 2.56. The van der Waals surface area contributed by atoms with Gasteiger partial charge in [0.1, 0.15) is 11.5 Å². The smallest absolute Gasteiger partial charge is 0.268 e. The number of carbonyl (C=O) groups is 2. The molecule has 0 fully saturated rings. The van der Waals surface area contributed by atoms with Crippen molar-refractivity contribution >= 4 is 11.7 Å². The Morgan fingerprint density at radius 2 is 1.82 bits per heavy atom. The lowest BCUT2D eigenvalue weighted by Crippen LogP contribution is -2.26. The van der Waals surface area contributed by atoms with Gasteiger partial charge in [0.25, 0.3) is 5.91 Å². The summed E-state index contributed by atoms with van der Waals surface area (Å²) in [6, 6.07) is 6.18. The van der Waals surface area contributed by atoms with E-state index in [-0.39, 0.29) is 17.5 Å². The van der Waals surface area contributed by atoms with Crippen molar-refractivity contribution in [1.29, 1.82) is 0 Å². The summed E-state index contributed by atoms with van der Waals surface area (Å²) in [5.74, 6) is -0.575. The molecule has 2 N–H and O–H groups in total. The maximum atomic E-state index is 12.8. The molecule has 1 amide bonds. The van der Waals surface area contributed by atoms with E-state index in [1.165, 1.54) is 19.1 Å². The molecule has 2 rings (SSSR count). The van der Waals surface area contributed by atoms with Crippen LogP contribution in [0.2, 0.25) is 0 Å². The van der Waals surface area contributed by atoms with E-state index in [0.29, 0.717) is 35.5 Å². The predicted octanol–water partition coefficient (Wildman–Crippen LogP) is 2.95. The van der Waals surface area contributed by atoms with Crippen molar-refractivity contribution in [2.45, 2.75) is 27.2 Å². The van der Waals surface area contributed by atoms with Crippen LogP contribution in [0.5, 0.6) is 0 Å². The molecule has 0 aliphatic carbocycles. The van der Waals surface area contributed by atoms with E-state index >= 15 is 0 Å². The second kappa shape index (κ2) is 6.56. The highest BCUT2D eigenvalue weighted by molar-refractivity contribution is 6.02. The first-order valence-corrected chi connectivity index (χ1v) is 7.13. The largest absolute Gasteiger partial charge is 0.354 e. The van der Waals surface area contributed by atoms with Crippen molar-refractivity contribution in [3.63, 3.8) is 0 Å². The lowest BCUT2D eigenvalue weighted by molar-refractivity contribution is 0.0949. The number of carbonyl (C=O) groups excluding carboxylic acids is 2. The average molecular weight is 302 g/mol. The minimum absolute atomic E-state index is 0.0587. The van der Waals surface area contributed by atoms with Crippen LogP contribution in [0.3, 0.4) is 0 Å². The number of aromatic amines is 1. The number of hydrogen-bond donors (Lipinski definition) is 2. The van der Waals surface area contributed by atoms with Gasteiger partial charge in [-0.05, 0) is 50.5 Å². The maximum absolute atomic E-state index is 12.8. The minimum atomic E-state index is -0.276. The molecule has 2 aromatic rings. The van der Waals surface area contributed by atoms with E-state index in [4.69, 9.17) is 0 Å². The summed E-state index contributed by atoms with van der Waals surface area (Å²) in [5.41, 5.74) is 3.31. The van der Waals surface area contributed by atoms with Crippen molar-refractivity contribution in [3.8, 4) is 0 Å². The third kappa shape index (κ3) is 3.42. The van der Waals surface area contributed by atoms with Gasteiger partial charge in [-0.25, -0.2) is 4.39 Å². The molecule has 5 heteroatoms. The molecule has 0 aliphatic heterocycles. The summed E-state index contributed by atoms with van der Waals surface area (Å²) in [6.45, 7) is 5.46. The molecule has 0 radical (unpaired) electrons. The van der Waals surface area contributed by atoms with E-state index in [1.807, 2.05) is 0 Å². The molecule has 0 saturated carbocycles.